The highest BCUT2D eigenvalue weighted by Gasteiger charge is 2.43. The highest BCUT2D eigenvalue weighted by Crippen LogP contribution is 2.56. The topological polar surface area (TPSA) is 4.93 Å². The summed E-state index contributed by atoms with van der Waals surface area (Å²) >= 11 is 0. The second kappa shape index (κ2) is 6.78. The minimum absolute atomic E-state index is 0.0235. The minimum atomic E-state index is -0.108. The summed E-state index contributed by atoms with van der Waals surface area (Å²) in [4.78, 5) is 0. The van der Waals surface area contributed by atoms with E-state index in [-0.39, 0.29) is 16.2 Å². The second-order valence-electron chi connectivity index (χ2n) is 13.8. The number of hydrogen-bond acceptors (Lipinski definition) is 0. The van der Waals surface area contributed by atoms with Crippen molar-refractivity contribution in [1.82, 2.24) is 4.57 Å². The molecule has 0 N–H and O–H groups in total. The summed E-state index contributed by atoms with van der Waals surface area (Å²) < 4.78 is 2.61. The van der Waals surface area contributed by atoms with Crippen LogP contribution in [0.15, 0.2) is 91.0 Å². The minimum Gasteiger partial charge on any atom is -0.308 e. The van der Waals surface area contributed by atoms with Gasteiger partial charge >= 0.3 is 0 Å². The van der Waals surface area contributed by atoms with Gasteiger partial charge in [0.25, 0.3) is 0 Å². The van der Waals surface area contributed by atoms with Gasteiger partial charge in [0.2, 0.25) is 0 Å². The molecule has 1 aromatic heterocycles. The molecule has 0 saturated carbocycles. The van der Waals surface area contributed by atoms with Crippen LogP contribution < -0.4 is 0 Å². The lowest BCUT2D eigenvalue weighted by Crippen LogP contribution is -2.33. The van der Waals surface area contributed by atoms with E-state index in [1.54, 1.807) is 0 Å². The van der Waals surface area contributed by atoms with Gasteiger partial charge in [-0.15, -0.1) is 0 Å². The van der Waals surface area contributed by atoms with Crippen molar-refractivity contribution in [2.45, 2.75) is 57.8 Å². The molecule has 9 rings (SSSR count). The third-order valence-electron chi connectivity index (χ3n) is 10.8. The molecule has 2 aliphatic heterocycles. The van der Waals surface area contributed by atoms with Gasteiger partial charge in [0.1, 0.15) is 0 Å². The zero-order valence-electron chi connectivity index (χ0n) is 24.1. The van der Waals surface area contributed by atoms with E-state index >= 15 is 0 Å². The first-order chi connectivity index (χ1) is 19.1. The fraction of sp³-hybridized carbons (Fsp3) is 0.231. The predicted molar refractivity (Wildman–Crippen MR) is 168 cm³/mol. The maximum absolute atomic E-state index is 2.61. The number of para-hydroxylation sites is 2. The molecular formula is C39H33N. The first-order valence-electron chi connectivity index (χ1n) is 14.6. The molecule has 5 aromatic carbocycles. The Balaban J connectivity index is 1.40. The number of hydrogen-bond donors (Lipinski definition) is 0. The highest BCUT2D eigenvalue weighted by atomic mass is 15.0. The van der Waals surface area contributed by atoms with E-state index in [2.05, 4.69) is 137 Å². The van der Waals surface area contributed by atoms with E-state index in [9.17, 15) is 0 Å². The van der Waals surface area contributed by atoms with Crippen LogP contribution >= 0.6 is 0 Å². The molecule has 0 unspecified atom stereocenters. The van der Waals surface area contributed by atoms with Gasteiger partial charge in [-0.3, -0.25) is 0 Å². The number of aromatic nitrogens is 1. The van der Waals surface area contributed by atoms with Crippen LogP contribution in [-0.2, 0) is 16.2 Å². The molecule has 0 spiro atoms. The normalized spacial score (nSPS) is 17.9. The van der Waals surface area contributed by atoms with Crippen LogP contribution in [0.3, 0.4) is 0 Å². The zero-order valence-corrected chi connectivity index (χ0v) is 24.1. The molecule has 1 heteroatoms. The van der Waals surface area contributed by atoms with Gasteiger partial charge in [0.05, 0.1) is 16.7 Å². The molecule has 0 saturated heterocycles. The second-order valence-corrected chi connectivity index (χ2v) is 13.8. The maximum atomic E-state index is 2.61. The van der Waals surface area contributed by atoms with Crippen molar-refractivity contribution < 1.29 is 0 Å². The average molecular weight is 516 g/mol. The van der Waals surface area contributed by atoms with E-state index in [1.165, 1.54) is 83.1 Å². The van der Waals surface area contributed by atoms with Gasteiger partial charge in [-0.2, -0.15) is 0 Å². The van der Waals surface area contributed by atoms with Crippen molar-refractivity contribution in [3.05, 3.63) is 124 Å². The summed E-state index contributed by atoms with van der Waals surface area (Å²) in [5.74, 6) is 0. The first kappa shape index (κ1) is 22.7. The van der Waals surface area contributed by atoms with Crippen molar-refractivity contribution >= 4 is 21.8 Å². The Hall–Kier alpha value is -4.10. The molecule has 1 aliphatic carbocycles. The van der Waals surface area contributed by atoms with E-state index in [1.807, 2.05) is 0 Å². The monoisotopic (exact) mass is 515 g/mol. The van der Waals surface area contributed by atoms with Crippen LogP contribution in [0.2, 0.25) is 0 Å². The van der Waals surface area contributed by atoms with Gasteiger partial charge in [-0.1, -0.05) is 114 Å². The summed E-state index contributed by atoms with van der Waals surface area (Å²) in [6, 6.07) is 35.0. The average Bonchev–Trinajstić information content (AvgIpc) is 3.40. The van der Waals surface area contributed by atoms with Crippen molar-refractivity contribution in [3.8, 4) is 27.9 Å². The van der Waals surface area contributed by atoms with Crippen LogP contribution in [0.1, 0.15) is 74.9 Å². The molecular weight excluding hydrogens is 482 g/mol. The van der Waals surface area contributed by atoms with E-state index in [0.717, 1.165) is 0 Å². The van der Waals surface area contributed by atoms with Crippen LogP contribution in [0.4, 0.5) is 0 Å². The molecule has 0 fully saturated rings. The fourth-order valence-corrected chi connectivity index (χ4v) is 8.55. The molecule has 1 nitrogen and oxygen atoms in total. The third-order valence-corrected chi connectivity index (χ3v) is 10.8. The van der Waals surface area contributed by atoms with Gasteiger partial charge in [-0.05, 0) is 73.8 Å². The summed E-state index contributed by atoms with van der Waals surface area (Å²) in [6.45, 7) is 14.4. The van der Waals surface area contributed by atoms with Crippen LogP contribution in [0.5, 0.6) is 0 Å². The Morgan fingerprint density at radius 3 is 1.82 bits per heavy atom. The lowest BCUT2D eigenvalue weighted by Gasteiger charge is -2.42. The van der Waals surface area contributed by atoms with Gasteiger partial charge in [0.15, 0.2) is 0 Å². The summed E-state index contributed by atoms with van der Waals surface area (Å²) in [7, 11) is 0. The number of benzene rings is 5. The molecule has 40 heavy (non-hydrogen) atoms. The smallest absolute Gasteiger partial charge is 0.0582 e. The van der Waals surface area contributed by atoms with Crippen molar-refractivity contribution in [2.75, 3.05) is 0 Å². The molecule has 6 aromatic rings. The van der Waals surface area contributed by atoms with Gasteiger partial charge in [0, 0.05) is 27.0 Å². The first-order valence-corrected chi connectivity index (χ1v) is 14.6. The van der Waals surface area contributed by atoms with E-state index < -0.39 is 0 Å². The number of nitrogens with zero attached hydrogens (tertiary/aromatic N) is 1. The summed E-state index contributed by atoms with van der Waals surface area (Å²) in [5.41, 5.74) is 18.0. The SMILES string of the molecule is CC1(C)c2ccccc2-c2cc(-c3cc4c5c(c3)c3cccc6c3n5-c3c(cccc3C4(C)C)C6(C)C)ccc21. The lowest BCUT2D eigenvalue weighted by atomic mass is 9.68. The molecule has 3 heterocycles. The lowest BCUT2D eigenvalue weighted by molar-refractivity contribution is 0.594. The summed E-state index contributed by atoms with van der Waals surface area (Å²) in [5, 5.41) is 2.74. The van der Waals surface area contributed by atoms with E-state index in [0.29, 0.717) is 0 Å². The Morgan fingerprint density at radius 1 is 0.425 bits per heavy atom. The molecule has 0 atom stereocenters. The summed E-state index contributed by atoms with van der Waals surface area (Å²) in [6.07, 6.45) is 0. The number of fused-ring (bicyclic) bond motifs is 4. The zero-order chi connectivity index (χ0) is 27.3. The molecule has 3 aliphatic rings. The van der Waals surface area contributed by atoms with Crippen LogP contribution in [0, 0.1) is 0 Å². The Bertz CT molecular complexity index is 2130. The molecule has 194 valence electrons. The van der Waals surface area contributed by atoms with Crippen molar-refractivity contribution in [2.24, 2.45) is 0 Å². The predicted octanol–water partition coefficient (Wildman–Crippen LogP) is 10.0. The largest absolute Gasteiger partial charge is 0.308 e. The van der Waals surface area contributed by atoms with Gasteiger partial charge < -0.3 is 4.57 Å². The number of rotatable bonds is 1. The maximum Gasteiger partial charge on any atom is 0.0582 e. The molecule has 0 bridgehead atoms. The fourth-order valence-electron chi connectivity index (χ4n) is 8.55. The third kappa shape index (κ3) is 2.39. The Labute approximate surface area is 236 Å². The Kier molecular flexibility index (Phi) is 3.85. The van der Waals surface area contributed by atoms with Crippen LogP contribution in [-0.4, -0.2) is 4.57 Å². The van der Waals surface area contributed by atoms with Gasteiger partial charge in [-0.25, -0.2) is 0 Å². The quantitative estimate of drug-likeness (QED) is 0.205. The highest BCUT2D eigenvalue weighted by molar-refractivity contribution is 6.15. The van der Waals surface area contributed by atoms with Crippen molar-refractivity contribution in [3.63, 3.8) is 0 Å². The Morgan fingerprint density at radius 2 is 1.02 bits per heavy atom. The van der Waals surface area contributed by atoms with Crippen LogP contribution in [0.25, 0.3) is 49.7 Å². The van der Waals surface area contributed by atoms with E-state index in [4.69, 9.17) is 0 Å². The molecule has 0 radical (unpaired) electrons. The molecule has 0 amide bonds. The standard InChI is InChI=1S/C39H33N/c1-37(2)28-13-8-7-11-24(28)26-19-22(17-18-29(26)37)23-20-27-25-12-9-14-30-34(25)40-35(27)33(21-23)39(5,6)32-16-10-15-31(36(32)40)38(30,3)4/h7-21H,1-6H3. The van der Waals surface area contributed by atoms with Crippen molar-refractivity contribution in [1.29, 1.82) is 0 Å².